The van der Waals surface area contributed by atoms with Crippen LogP contribution in [-0.4, -0.2) is 16.9 Å². The number of rotatable bonds is 5. The Kier molecular flexibility index (Phi) is 5.54. The normalized spacial score (nSPS) is 10.9. The van der Waals surface area contributed by atoms with Crippen LogP contribution in [0.1, 0.15) is 11.1 Å². The van der Waals surface area contributed by atoms with Crippen LogP contribution in [0.25, 0.3) is 39.3 Å². The Bertz CT molecular complexity index is 1360. The molecule has 1 aromatic heterocycles. The molecule has 0 radical (unpaired) electrons. The van der Waals surface area contributed by atoms with Gasteiger partial charge in [0.25, 0.3) is 0 Å². The van der Waals surface area contributed by atoms with Gasteiger partial charge in [-0.15, -0.1) is 0 Å². The van der Waals surface area contributed by atoms with Crippen molar-refractivity contribution in [2.45, 2.75) is 13.8 Å². The van der Waals surface area contributed by atoms with Crippen molar-refractivity contribution in [1.82, 2.24) is 9.78 Å². The summed E-state index contributed by atoms with van der Waals surface area (Å²) in [5.74, 6) is 0.824. The highest BCUT2D eigenvalue weighted by atomic mass is 16.5. The first-order valence-electron chi connectivity index (χ1n) is 11.1. The number of hydrogen-bond acceptors (Lipinski definition) is 2. The summed E-state index contributed by atoms with van der Waals surface area (Å²) in [5, 5.41) is 5.19. The molecule has 0 bridgehead atoms. The van der Waals surface area contributed by atoms with E-state index in [-0.39, 0.29) is 0 Å². The van der Waals surface area contributed by atoms with E-state index in [4.69, 9.17) is 9.84 Å². The maximum absolute atomic E-state index is 5.38. The third-order valence-corrected chi connectivity index (χ3v) is 5.91. The van der Waals surface area contributed by atoms with Crippen molar-refractivity contribution in [3.63, 3.8) is 0 Å². The first kappa shape index (κ1) is 20.8. The molecule has 1 heterocycles. The molecule has 3 nitrogen and oxygen atoms in total. The van der Waals surface area contributed by atoms with E-state index >= 15 is 0 Å². The van der Waals surface area contributed by atoms with Crippen molar-refractivity contribution in [3.8, 4) is 45.1 Å². The van der Waals surface area contributed by atoms with E-state index in [1.807, 2.05) is 12.1 Å². The Morgan fingerprint density at radius 1 is 0.606 bits per heavy atom. The molecule has 0 amide bonds. The topological polar surface area (TPSA) is 27.1 Å². The van der Waals surface area contributed by atoms with Gasteiger partial charge in [0.05, 0.1) is 18.5 Å². The molecule has 3 heteroatoms. The monoisotopic (exact) mass is 430 g/mol. The van der Waals surface area contributed by atoms with E-state index in [2.05, 4.69) is 110 Å². The van der Waals surface area contributed by atoms with Gasteiger partial charge in [-0.2, -0.15) is 5.10 Å². The summed E-state index contributed by atoms with van der Waals surface area (Å²) in [6.45, 7) is 4.22. The molecule has 0 aliphatic rings. The van der Waals surface area contributed by atoms with Crippen molar-refractivity contribution < 1.29 is 4.74 Å². The second kappa shape index (κ2) is 8.79. The largest absolute Gasteiger partial charge is 0.497 e. The van der Waals surface area contributed by atoms with Gasteiger partial charge < -0.3 is 4.74 Å². The van der Waals surface area contributed by atoms with Crippen LogP contribution in [0.3, 0.4) is 0 Å². The van der Waals surface area contributed by atoms with Crippen LogP contribution < -0.4 is 4.74 Å². The second-order valence-electron chi connectivity index (χ2n) is 8.28. The molecule has 0 aliphatic carbocycles. The molecule has 162 valence electrons. The molecule has 33 heavy (non-hydrogen) atoms. The molecule has 0 spiro atoms. The molecule has 0 atom stereocenters. The average Bonchev–Trinajstić information content (AvgIpc) is 3.26. The van der Waals surface area contributed by atoms with E-state index in [9.17, 15) is 0 Å². The maximum atomic E-state index is 5.38. The second-order valence-corrected chi connectivity index (χ2v) is 8.28. The molecule has 0 N–H and O–H groups in total. The Labute approximate surface area is 194 Å². The fourth-order valence-electron chi connectivity index (χ4n) is 4.10. The van der Waals surface area contributed by atoms with Gasteiger partial charge in [-0.25, -0.2) is 4.68 Å². The lowest BCUT2D eigenvalue weighted by molar-refractivity contribution is 0.414. The molecule has 0 aliphatic heterocycles. The first-order valence-corrected chi connectivity index (χ1v) is 11.1. The van der Waals surface area contributed by atoms with Crippen LogP contribution in [0, 0.1) is 13.8 Å². The SMILES string of the molecule is COc1ccc(-n2nc(-c3ccc(C)cc3)c(-c3ccccc3)c2-c2ccc(C)cc2)cc1. The predicted octanol–water partition coefficient (Wildman–Crippen LogP) is 7.50. The van der Waals surface area contributed by atoms with Gasteiger partial charge in [-0.3, -0.25) is 0 Å². The van der Waals surface area contributed by atoms with Gasteiger partial charge in [0, 0.05) is 16.7 Å². The summed E-state index contributed by atoms with van der Waals surface area (Å²) >= 11 is 0. The lowest BCUT2D eigenvalue weighted by Gasteiger charge is -2.12. The number of aryl methyl sites for hydroxylation is 2. The van der Waals surface area contributed by atoms with Gasteiger partial charge in [-0.05, 0) is 43.7 Å². The fourth-order valence-corrected chi connectivity index (χ4v) is 4.10. The summed E-state index contributed by atoms with van der Waals surface area (Å²) in [7, 11) is 1.68. The lowest BCUT2D eigenvalue weighted by Crippen LogP contribution is -2.00. The average molecular weight is 431 g/mol. The fraction of sp³-hybridized carbons (Fsp3) is 0.100. The minimum absolute atomic E-state index is 0.824. The summed E-state index contributed by atoms with van der Waals surface area (Å²) < 4.78 is 7.44. The van der Waals surface area contributed by atoms with E-state index in [1.54, 1.807) is 7.11 Å². The lowest BCUT2D eigenvalue weighted by atomic mass is 9.95. The zero-order valence-corrected chi connectivity index (χ0v) is 19.1. The van der Waals surface area contributed by atoms with Gasteiger partial charge in [0.2, 0.25) is 0 Å². The molecule has 0 saturated heterocycles. The van der Waals surface area contributed by atoms with E-state index in [1.165, 1.54) is 11.1 Å². The van der Waals surface area contributed by atoms with E-state index in [0.717, 1.165) is 45.1 Å². The molecule has 4 aromatic carbocycles. The summed E-state index contributed by atoms with van der Waals surface area (Å²) in [5.41, 5.74) is 9.97. The summed E-state index contributed by atoms with van der Waals surface area (Å²) in [6.07, 6.45) is 0. The highest BCUT2D eigenvalue weighted by Gasteiger charge is 2.23. The van der Waals surface area contributed by atoms with Crippen molar-refractivity contribution >= 4 is 0 Å². The zero-order valence-electron chi connectivity index (χ0n) is 19.1. The Morgan fingerprint density at radius 3 is 1.76 bits per heavy atom. The minimum Gasteiger partial charge on any atom is -0.497 e. The van der Waals surface area contributed by atoms with Crippen LogP contribution >= 0.6 is 0 Å². The number of methoxy groups -OCH3 is 1. The minimum atomic E-state index is 0.824. The molecule has 0 saturated carbocycles. The van der Waals surface area contributed by atoms with Gasteiger partial charge in [0.1, 0.15) is 11.4 Å². The Hall–Kier alpha value is -4.11. The quantitative estimate of drug-likeness (QED) is 0.289. The third-order valence-electron chi connectivity index (χ3n) is 5.91. The maximum Gasteiger partial charge on any atom is 0.119 e. The number of aromatic nitrogens is 2. The van der Waals surface area contributed by atoms with Crippen molar-refractivity contribution in [2.24, 2.45) is 0 Å². The van der Waals surface area contributed by atoms with E-state index in [0.29, 0.717) is 0 Å². The van der Waals surface area contributed by atoms with Gasteiger partial charge >= 0.3 is 0 Å². The molecule has 5 aromatic rings. The van der Waals surface area contributed by atoms with Gasteiger partial charge in [0.15, 0.2) is 0 Å². The Balaban J connectivity index is 1.84. The number of nitrogens with zero attached hydrogens (tertiary/aromatic N) is 2. The van der Waals surface area contributed by atoms with Crippen LogP contribution in [0.5, 0.6) is 5.75 Å². The number of benzene rings is 4. The number of hydrogen-bond donors (Lipinski definition) is 0. The van der Waals surface area contributed by atoms with Crippen LogP contribution in [0.4, 0.5) is 0 Å². The smallest absolute Gasteiger partial charge is 0.119 e. The summed E-state index contributed by atoms with van der Waals surface area (Å²) in [4.78, 5) is 0. The zero-order chi connectivity index (χ0) is 22.8. The van der Waals surface area contributed by atoms with E-state index < -0.39 is 0 Å². The van der Waals surface area contributed by atoms with Crippen molar-refractivity contribution in [3.05, 3.63) is 114 Å². The summed E-state index contributed by atoms with van der Waals surface area (Å²) in [6, 6.07) is 35.8. The predicted molar refractivity (Wildman–Crippen MR) is 136 cm³/mol. The molecular formula is C30H26N2O. The van der Waals surface area contributed by atoms with Crippen LogP contribution in [0.15, 0.2) is 103 Å². The van der Waals surface area contributed by atoms with Crippen LogP contribution in [0.2, 0.25) is 0 Å². The highest BCUT2D eigenvalue weighted by molar-refractivity contribution is 5.92. The highest BCUT2D eigenvalue weighted by Crippen LogP contribution is 2.41. The molecule has 0 unspecified atom stereocenters. The van der Waals surface area contributed by atoms with Gasteiger partial charge in [-0.1, -0.05) is 90.0 Å². The molecule has 0 fully saturated rings. The third kappa shape index (κ3) is 4.06. The molecule has 5 rings (SSSR count). The van der Waals surface area contributed by atoms with Crippen molar-refractivity contribution in [2.75, 3.05) is 7.11 Å². The van der Waals surface area contributed by atoms with Crippen molar-refractivity contribution in [1.29, 1.82) is 0 Å². The van der Waals surface area contributed by atoms with Crippen LogP contribution in [-0.2, 0) is 0 Å². The number of ether oxygens (including phenoxy) is 1. The Morgan fingerprint density at radius 2 is 1.18 bits per heavy atom. The first-order chi connectivity index (χ1) is 16.1. The molecular weight excluding hydrogens is 404 g/mol. The standard InChI is InChI=1S/C30H26N2O/c1-21-9-13-24(14-10-21)29-28(23-7-5-4-6-8-23)30(25-15-11-22(2)12-16-25)32(31-29)26-17-19-27(33-3)20-18-26/h4-20H,1-3H3.